The van der Waals surface area contributed by atoms with Gasteiger partial charge in [0.15, 0.2) is 11.5 Å². The summed E-state index contributed by atoms with van der Waals surface area (Å²) in [4.78, 5) is 23.6. The van der Waals surface area contributed by atoms with Crippen LogP contribution in [0.5, 0.6) is 0 Å². The van der Waals surface area contributed by atoms with Crippen molar-refractivity contribution in [3.05, 3.63) is 18.0 Å². The van der Waals surface area contributed by atoms with E-state index in [-0.39, 0.29) is 12.1 Å². The van der Waals surface area contributed by atoms with Gasteiger partial charge in [-0.1, -0.05) is 19.3 Å². The summed E-state index contributed by atoms with van der Waals surface area (Å²) in [5.41, 5.74) is 2.55. The highest BCUT2D eigenvalue weighted by Crippen LogP contribution is 2.18. The number of hydrogen-bond donors (Lipinski definition) is 3. The predicted molar refractivity (Wildman–Crippen MR) is 77.7 cm³/mol. The molecule has 3 N–H and O–H groups in total. The number of nitrogens with one attached hydrogen (secondary N) is 3. The molecule has 0 unspecified atom stereocenters. The topological polar surface area (TPSA) is 82.7 Å². The fourth-order valence-corrected chi connectivity index (χ4v) is 2.66. The normalized spacial score (nSPS) is 16.2. The Balaban J connectivity index is 1.65. The number of fused-ring (bicyclic) bond motifs is 1. The molecule has 0 atom stereocenters. The SMILES string of the molecule is Cc1c[nH]c2ncc(NC(=O)NC3CCCCC3)nc12. The number of aromatic nitrogens is 3. The first-order valence-corrected chi connectivity index (χ1v) is 7.10. The minimum absolute atomic E-state index is 0.196. The first-order valence-electron chi connectivity index (χ1n) is 7.10. The molecular formula is C14H19N5O. The summed E-state index contributed by atoms with van der Waals surface area (Å²) < 4.78 is 0. The van der Waals surface area contributed by atoms with Crippen molar-refractivity contribution in [2.75, 3.05) is 5.32 Å². The van der Waals surface area contributed by atoms with Crippen molar-refractivity contribution in [2.45, 2.75) is 45.1 Å². The maximum Gasteiger partial charge on any atom is 0.320 e. The molecule has 1 aliphatic rings. The minimum atomic E-state index is -0.196. The molecule has 0 aliphatic heterocycles. The first kappa shape index (κ1) is 12.9. The maximum atomic E-state index is 11.9. The number of aryl methyl sites for hydroxylation is 1. The third-order valence-electron chi connectivity index (χ3n) is 3.75. The molecule has 2 aromatic heterocycles. The number of carbonyl (C=O) groups excluding carboxylic acids is 1. The van der Waals surface area contributed by atoms with E-state index in [1.165, 1.54) is 19.3 Å². The average Bonchev–Trinajstić information content (AvgIpc) is 2.81. The zero-order chi connectivity index (χ0) is 13.9. The molecule has 1 saturated carbocycles. The quantitative estimate of drug-likeness (QED) is 0.786. The zero-order valence-electron chi connectivity index (χ0n) is 11.6. The number of anilines is 1. The van der Waals surface area contributed by atoms with Crippen LogP contribution in [0.2, 0.25) is 0 Å². The molecule has 0 saturated heterocycles. The van der Waals surface area contributed by atoms with Gasteiger partial charge < -0.3 is 10.3 Å². The molecule has 2 heterocycles. The fraction of sp³-hybridized carbons (Fsp3) is 0.500. The van der Waals surface area contributed by atoms with Gasteiger partial charge in [-0.2, -0.15) is 0 Å². The van der Waals surface area contributed by atoms with Crippen LogP contribution in [0.1, 0.15) is 37.7 Å². The third-order valence-corrected chi connectivity index (χ3v) is 3.75. The molecular weight excluding hydrogens is 254 g/mol. The second kappa shape index (κ2) is 5.48. The van der Waals surface area contributed by atoms with Gasteiger partial charge in [-0.25, -0.2) is 14.8 Å². The number of carbonyl (C=O) groups is 1. The molecule has 6 nitrogen and oxygen atoms in total. The van der Waals surface area contributed by atoms with Gasteiger partial charge in [0.25, 0.3) is 0 Å². The molecule has 106 valence electrons. The van der Waals surface area contributed by atoms with Crippen LogP contribution < -0.4 is 10.6 Å². The Morgan fingerprint density at radius 2 is 2.15 bits per heavy atom. The molecule has 0 spiro atoms. The summed E-state index contributed by atoms with van der Waals surface area (Å²) in [6, 6.07) is 0.0909. The van der Waals surface area contributed by atoms with Crippen molar-refractivity contribution in [1.29, 1.82) is 0 Å². The molecule has 3 rings (SSSR count). The lowest BCUT2D eigenvalue weighted by Gasteiger charge is -2.22. The van der Waals surface area contributed by atoms with E-state index in [1.54, 1.807) is 6.20 Å². The Bertz CT molecular complexity index is 615. The third kappa shape index (κ3) is 2.74. The zero-order valence-corrected chi connectivity index (χ0v) is 11.6. The number of amides is 2. The summed E-state index contributed by atoms with van der Waals surface area (Å²) in [7, 11) is 0. The molecule has 0 bridgehead atoms. The van der Waals surface area contributed by atoms with E-state index in [1.807, 2.05) is 13.1 Å². The number of aromatic amines is 1. The van der Waals surface area contributed by atoms with Crippen LogP contribution in [0.15, 0.2) is 12.4 Å². The molecule has 0 radical (unpaired) electrons. The van der Waals surface area contributed by atoms with Crippen LogP contribution in [0.4, 0.5) is 10.6 Å². The minimum Gasteiger partial charge on any atom is -0.345 e. The van der Waals surface area contributed by atoms with Crippen molar-refractivity contribution in [1.82, 2.24) is 20.3 Å². The van der Waals surface area contributed by atoms with Crippen LogP contribution in [0.3, 0.4) is 0 Å². The van der Waals surface area contributed by atoms with Gasteiger partial charge in [0.05, 0.1) is 6.20 Å². The van der Waals surface area contributed by atoms with Gasteiger partial charge in [0, 0.05) is 12.2 Å². The Labute approximate surface area is 117 Å². The molecule has 0 aromatic carbocycles. The Kier molecular flexibility index (Phi) is 3.54. The van der Waals surface area contributed by atoms with E-state index < -0.39 is 0 Å². The monoisotopic (exact) mass is 273 g/mol. The van der Waals surface area contributed by atoms with Gasteiger partial charge in [0.1, 0.15) is 5.52 Å². The molecule has 20 heavy (non-hydrogen) atoms. The highest BCUT2D eigenvalue weighted by molar-refractivity contribution is 5.89. The van der Waals surface area contributed by atoms with Gasteiger partial charge in [-0.05, 0) is 25.3 Å². The summed E-state index contributed by atoms with van der Waals surface area (Å²) in [6.45, 7) is 1.96. The summed E-state index contributed by atoms with van der Waals surface area (Å²) in [5.74, 6) is 0.480. The number of rotatable bonds is 2. The second-order valence-electron chi connectivity index (χ2n) is 5.36. The largest absolute Gasteiger partial charge is 0.345 e. The van der Waals surface area contributed by atoms with Crippen LogP contribution >= 0.6 is 0 Å². The predicted octanol–water partition coefficient (Wildman–Crippen LogP) is 2.72. The summed E-state index contributed by atoms with van der Waals surface area (Å²) in [5, 5.41) is 5.76. The van der Waals surface area contributed by atoms with Gasteiger partial charge in [-0.15, -0.1) is 0 Å². The highest BCUT2D eigenvalue weighted by Gasteiger charge is 2.16. The lowest BCUT2D eigenvalue weighted by Crippen LogP contribution is -2.39. The lowest BCUT2D eigenvalue weighted by atomic mass is 9.96. The smallest absolute Gasteiger partial charge is 0.320 e. The number of urea groups is 1. The number of hydrogen-bond acceptors (Lipinski definition) is 3. The van der Waals surface area contributed by atoms with Gasteiger partial charge >= 0.3 is 6.03 Å². The van der Waals surface area contributed by atoms with E-state index in [9.17, 15) is 4.79 Å². The molecule has 1 fully saturated rings. The molecule has 1 aliphatic carbocycles. The van der Waals surface area contributed by atoms with Crippen molar-refractivity contribution in [3.63, 3.8) is 0 Å². The first-order chi connectivity index (χ1) is 9.72. The van der Waals surface area contributed by atoms with E-state index >= 15 is 0 Å². The van der Waals surface area contributed by atoms with E-state index in [2.05, 4.69) is 25.6 Å². The Morgan fingerprint density at radius 1 is 1.35 bits per heavy atom. The van der Waals surface area contributed by atoms with E-state index in [0.29, 0.717) is 5.82 Å². The highest BCUT2D eigenvalue weighted by atomic mass is 16.2. The van der Waals surface area contributed by atoms with Crippen molar-refractivity contribution in [3.8, 4) is 0 Å². The number of nitrogens with zero attached hydrogens (tertiary/aromatic N) is 2. The Hall–Kier alpha value is -2.11. The van der Waals surface area contributed by atoms with E-state index in [4.69, 9.17) is 0 Å². The number of H-pyrrole nitrogens is 1. The van der Waals surface area contributed by atoms with E-state index in [0.717, 1.165) is 29.6 Å². The second-order valence-corrected chi connectivity index (χ2v) is 5.36. The van der Waals surface area contributed by atoms with Crippen molar-refractivity contribution in [2.24, 2.45) is 0 Å². The Morgan fingerprint density at radius 3 is 2.95 bits per heavy atom. The van der Waals surface area contributed by atoms with Crippen LogP contribution in [-0.4, -0.2) is 27.0 Å². The molecule has 2 amide bonds. The molecule has 6 heteroatoms. The molecule has 2 aromatic rings. The summed E-state index contributed by atoms with van der Waals surface area (Å²) in [6.07, 6.45) is 9.21. The fourth-order valence-electron chi connectivity index (χ4n) is 2.66. The van der Waals surface area contributed by atoms with Gasteiger partial charge in [0.2, 0.25) is 0 Å². The maximum absolute atomic E-state index is 11.9. The average molecular weight is 273 g/mol. The summed E-state index contributed by atoms with van der Waals surface area (Å²) >= 11 is 0. The van der Waals surface area contributed by atoms with Crippen LogP contribution in [0, 0.1) is 6.92 Å². The van der Waals surface area contributed by atoms with Crippen molar-refractivity contribution < 1.29 is 4.79 Å². The van der Waals surface area contributed by atoms with Gasteiger partial charge in [-0.3, -0.25) is 5.32 Å². The standard InChI is InChI=1S/C14H19N5O/c1-9-7-15-13-12(9)18-11(8-16-13)19-14(20)17-10-5-3-2-4-6-10/h7-8,10H,2-6H2,1H3,(H,15,16)(H2,17,18,19,20). The lowest BCUT2D eigenvalue weighted by molar-refractivity contribution is 0.244. The van der Waals surface area contributed by atoms with Crippen molar-refractivity contribution >= 4 is 23.0 Å². The van der Waals surface area contributed by atoms with Crippen LogP contribution in [-0.2, 0) is 0 Å². The van der Waals surface area contributed by atoms with Crippen LogP contribution in [0.25, 0.3) is 11.2 Å².